The lowest BCUT2D eigenvalue weighted by Crippen LogP contribution is -2.62. The van der Waals surface area contributed by atoms with E-state index in [0.717, 1.165) is 32.5 Å². The molecule has 0 aliphatic heterocycles. The molecule has 0 aromatic heterocycles. The van der Waals surface area contributed by atoms with Crippen LogP contribution in [0.3, 0.4) is 0 Å². The SMILES string of the molecule is CCNC(CN(CC)C1CCCCC1)(C(=O)OC)C1CC1. The largest absolute Gasteiger partial charge is 0.468 e. The summed E-state index contributed by atoms with van der Waals surface area (Å²) < 4.78 is 5.17. The van der Waals surface area contributed by atoms with E-state index in [1.165, 1.54) is 39.2 Å². The Morgan fingerprint density at radius 3 is 2.33 bits per heavy atom. The first-order chi connectivity index (χ1) is 10.2. The molecule has 0 bridgehead atoms. The predicted molar refractivity (Wildman–Crippen MR) is 85.3 cm³/mol. The van der Waals surface area contributed by atoms with E-state index in [-0.39, 0.29) is 5.97 Å². The highest BCUT2D eigenvalue weighted by Crippen LogP contribution is 2.41. The second kappa shape index (κ2) is 7.59. The molecule has 1 N–H and O–H groups in total. The molecule has 2 saturated carbocycles. The monoisotopic (exact) mass is 296 g/mol. The van der Waals surface area contributed by atoms with E-state index in [9.17, 15) is 4.79 Å². The highest BCUT2D eigenvalue weighted by Gasteiger charge is 2.52. The third-order valence-electron chi connectivity index (χ3n) is 5.27. The molecule has 1 unspecified atom stereocenters. The topological polar surface area (TPSA) is 41.6 Å². The first-order valence-corrected chi connectivity index (χ1v) is 8.75. The zero-order valence-electron chi connectivity index (χ0n) is 14.0. The van der Waals surface area contributed by atoms with Gasteiger partial charge < -0.3 is 10.1 Å². The van der Waals surface area contributed by atoms with Gasteiger partial charge in [0.15, 0.2) is 0 Å². The third kappa shape index (κ3) is 3.78. The van der Waals surface area contributed by atoms with E-state index in [1.807, 2.05) is 0 Å². The van der Waals surface area contributed by atoms with Crippen LogP contribution >= 0.6 is 0 Å². The van der Waals surface area contributed by atoms with E-state index in [0.29, 0.717) is 12.0 Å². The molecule has 122 valence electrons. The lowest BCUT2D eigenvalue weighted by molar-refractivity contribution is -0.151. The minimum absolute atomic E-state index is 0.0684. The molecular formula is C17H32N2O2. The van der Waals surface area contributed by atoms with Crippen molar-refractivity contribution >= 4 is 5.97 Å². The van der Waals surface area contributed by atoms with Gasteiger partial charge in [-0.25, -0.2) is 4.79 Å². The van der Waals surface area contributed by atoms with Crippen molar-refractivity contribution in [2.24, 2.45) is 5.92 Å². The molecule has 2 rings (SSSR count). The molecule has 0 aromatic rings. The molecule has 21 heavy (non-hydrogen) atoms. The van der Waals surface area contributed by atoms with Crippen LogP contribution in [-0.2, 0) is 9.53 Å². The van der Waals surface area contributed by atoms with Gasteiger partial charge in [0.05, 0.1) is 7.11 Å². The zero-order valence-corrected chi connectivity index (χ0v) is 14.0. The standard InChI is InChI=1S/C17H32N2O2/c1-4-18-17(14-11-12-14,16(20)21-3)13-19(5-2)15-9-7-6-8-10-15/h14-15,18H,4-13H2,1-3H3. The Balaban J connectivity index is 2.13. The second-order valence-electron chi connectivity index (χ2n) is 6.62. The summed E-state index contributed by atoms with van der Waals surface area (Å²) in [4.78, 5) is 15.1. The number of nitrogens with zero attached hydrogens (tertiary/aromatic N) is 1. The lowest BCUT2D eigenvalue weighted by Gasteiger charge is -2.41. The third-order valence-corrected chi connectivity index (χ3v) is 5.27. The van der Waals surface area contributed by atoms with Gasteiger partial charge in [-0.2, -0.15) is 0 Å². The van der Waals surface area contributed by atoms with Gasteiger partial charge >= 0.3 is 5.97 Å². The average molecular weight is 296 g/mol. The first kappa shape index (κ1) is 16.8. The fourth-order valence-corrected chi connectivity index (χ4v) is 3.97. The van der Waals surface area contributed by atoms with Gasteiger partial charge in [0.25, 0.3) is 0 Å². The number of methoxy groups -OCH3 is 1. The summed E-state index contributed by atoms with van der Waals surface area (Å²) in [6, 6.07) is 0.644. The highest BCUT2D eigenvalue weighted by atomic mass is 16.5. The molecule has 2 aliphatic rings. The van der Waals surface area contributed by atoms with Crippen molar-refractivity contribution in [3.8, 4) is 0 Å². The maximum absolute atomic E-state index is 12.5. The van der Waals surface area contributed by atoms with Crippen LogP contribution in [0.5, 0.6) is 0 Å². The van der Waals surface area contributed by atoms with Crippen LogP contribution in [0.2, 0.25) is 0 Å². The Bertz CT molecular complexity index is 338. The quantitative estimate of drug-likeness (QED) is 0.699. The Morgan fingerprint density at radius 2 is 1.86 bits per heavy atom. The first-order valence-electron chi connectivity index (χ1n) is 8.75. The van der Waals surface area contributed by atoms with Gasteiger partial charge in [-0.15, -0.1) is 0 Å². The molecule has 4 heteroatoms. The number of ether oxygens (including phenoxy) is 1. The summed E-state index contributed by atoms with van der Waals surface area (Å²) in [7, 11) is 1.52. The number of likely N-dealkylation sites (N-methyl/N-ethyl adjacent to an activating group) is 2. The summed E-state index contributed by atoms with van der Waals surface area (Å²) in [5, 5.41) is 3.50. The van der Waals surface area contributed by atoms with Crippen LogP contribution in [0.4, 0.5) is 0 Å². The smallest absolute Gasteiger partial charge is 0.327 e. The van der Waals surface area contributed by atoms with Gasteiger partial charge in [-0.1, -0.05) is 33.1 Å². The minimum atomic E-state index is -0.489. The maximum atomic E-state index is 12.5. The molecule has 2 aliphatic carbocycles. The Morgan fingerprint density at radius 1 is 1.19 bits per heavy atom. The van der Waals surface area contributed by atoms with E-state index in [2.05, 4.69) is 24.1 Å². The van der Waals surface area contributed by atoms with E-state index < -0.39 is 5.54 Å². The van der Waals surface area contributed by atoms with Gasteiger partial charge in [-0.3, -0.25) is 4.90 Å². The number of esters is 1. The molecule has 0 amide bonds. The number of nitrogens with one attached hydrogen (secondary N) is 1. The van der Waals surface area contributed by atoms with E-state index >= 15 is 0 Å². The van der Waals surface area contributed by atoms with Crippen molar-refractivity contribution in [3.05, 3.63) is 0 Å². The average Bonchev–Trinajstić information content (AvgIpc) is 3.36. The Hall–Kier alpha value is -0.610. The molecule has 0 radical (unpaired) electrons. The summed E-state index contributed by atoms with van der Waals surface area (Å²) in [5.41, 5.74) is -0.489. The fraction of sp³-hybridized carbons (Fsp3) is 0.941. The van der Waals surface area contributed by atoms with Crippen molar-refractivity contribution in [1.29, 1.82) is 0 Å². The van der Waals surface area contributed by atoms with Crippen molar-refractivity contribution in [1.82, 2.24) is 10.2 Å². The summed E-state index contributed by atoms with van der Waals surface area (Å²) in [6.45, 7) is 6.93. The molecule has 0 aromatic carbocycles. The Labute approximate surface area is 129 Å². The van der Waals surface area contributed by atoms with Crippen LogP contribution < -0.4 is 5.32 Å². The highest BCUT2D eigenvalue weighted by molar-refractivity contribution is 5.82. The predicted octanol–water partition coefficient (Wildman–Crippen LogP) is 2.57. The van der Waals surface area contributed by atoms with Crippen molar-refractivity contribution < 1.29 is 9.53 Å². The van der Waals surface area contributed by atoms with Gasteiger partial charge in [-0.05, 0) is 44.7 Å². The van der Waals surface area contributed by atoms with Crippen LogP contribution in [0.25, 0.3) is 0 Å². The molecule has 1 atom stereocenters. The second-order valence-corrected chi connectivity index (χ2v) is 6.62. The fourth-order valence-electron chi connectivity index (χ4n) is 3.97. The van der Waals surface area contributed by atoms with Gasteiger partial charge in [0, 0.05) is 12.6 Å². The minimum Gasteiger partial charge on any atom is -0.468 e. The number of carbonyl (C=O) groups is 1. The normalized spacial score (nSPS) is 23.0. The van der Waals surface area contributed by atoms with E-state index in [4.69, 9.17) is 4.74 Å². The number of hydrogen-bond donors (Lipinski definition) is 1. The number of hydrogen-bond acceptors (Lipinski definition) is 4. The van der Waals surface area contributed by atoms with Crippen molar-refractivity contribution in [3.63, 3.8) is 0 Å². The molecule has 2 fully saturated rings. The van der Waals surface area contributed by atoms with Gasteiger partial charge in [0.2, 0.25) is 0 Å². The molecule has 0 heterocycles. The van der Waals surface area contributed by atoms with Crippen LogP contribution in [-0.4, -0.2) is 49.2 Å². The van der Waals surface area contributed by atoms with Gasteiger partial charge in [0.1, 0.15) is 5.54 Å². The van der Waals surface area contributed by atoms with Crippen molar-refractivity contribution in [2.45, 2.75) is 70.4 Å². The lowest BCUT2D eigenvalue weighted by atomic mass is 9.88. The zero-order chi connectivity index (χ0) is 15.3. The molecule has 0 spiro atoms. The molecule has 0 saturated heterocycles. The maximum Gasteiger partial charge on any atom is 0.327 e. The van der Waals surface area contributed by atoms with Crippen LogP contribution in [0.15, 0.2) is 0 Å². The Kier molecular flexibility index (Phi) is 6.06. The van der Waals surface area contributed by atoms with Crippen LogP contribution in [0, 0.1) is 5.92 Å². The van der Waals surface area contributed by atoms with E-state index in [1.54, 1.807) is 0 Å². The molecule has 4 nitrogen and oxygen atoms in total. The summed E-state index contributed by atoms with van der Waals surface area (Å²) >= 11 is 0. The summed E-state index contributed by atoms with van der Waals surface area (Å²) in [6.07, 6.45) is 8.87. The van der Waals surface area contributed by atoms with Crippen LogP contribution in [0.1, 0.15) is 58.8 Å². The number of carbonyl (C=O) groups excluding carboxylic acids is 1. The van der Waals surface area contributed by atoms with Crippen molar-refractivity contribution in [2.75, 3.05) is 26.7 Å². The molecular weight excluding hydrogens is 264 g/mol. The number of rotatable bonds is 8. The summed E-state index contributed by atoms with van der Waals surface area (Å²) in [5.74, 6) is 0.378.